The van der Waals surface area contributed by atoms with Crippen molar-refractivity contribution in [3.8, 4) is 17.2 Å². The largest absolute Gasteiger partial charge is 0.462 e. The summed E-state index contributed by atoms with van der Waals surface area (Å²) in [6.45, 7) is 8.61. The molecule has 0 aliphatic heterocycles. The maximum absolute atomic E-state index is 13.3. The van der Waals surface area contributed by atoms with Gasteiger partial charge in [-0.25, -0.2) is 34.0 Å². The van der Waals surface area contributed by atoms with Gasteiger partial charge in [-0.2, -0.15) is 5.10 Å². The highest BCUT2D eigenvalue weighted by molar-refractivity contribution is 7.22. The zero-order valence-corrected chi connectivity index (χ0v) is 35.2. The molecule has 0 radical (unpaired) electrons. The van der Waals surface area contributed by atoms with Crippen LogP contribution in [-0.4, -0.2) is 92.9 Å². The van der Waals surface area contributed by atoms with E-state index in [1.165, 1.54) is 41.7 Å². The van der Waals surface area contributed by atoms with Crippen LogP contribution in [0.5, 0.6) is 17.2 Å². The van der Waals surface area contributed by atoms with Gasteiger partial charge in [0.05, 0.1) is 53.9 Å². The van der Waals surface area contributed by atoms with E-state index in [-0.39, 0.29) is 56.6 Å². The van der Waals surface area contributed by atoms with Gasteiger partial charge in [0.1, 0.15) is 5.75 Å². The summed E-state index contributed by atoms with van der Waals surface area (Å²) < 4.78 is 43.0. The number of benzene rings is 4. The number of hydrazone groups is 1. The van der Waals surface area contributed by atoms with Crippen LogP contribution in [0.3, 0.4) is 0 Å². The lowest BCUT2D eigenvalue weighted by Gasteiger charge is -2.15. The lowest BCUT2D eigenvalue weighted by molar-refractivity contribution is -0.146. The summed E-state index contributed by atoms with van der Waals surface area (Å²) in [7, 11) is 0. The second-order valence-corrected chi connectivity index (χ2v) is 13.8. The minimum absolute atomic E-state index is 0.00510. The van der Waals surface area contributed by atoms with Gasteiger partial charge < -0.3 is 43.0 Å². The van der Waals surface area contributed by atoms with E-state index in [4.69, 9.17) is 43.0 Å². The zero-order valence-electron chi connectivity index (χ0n) is 34.4. The molecular formula is C46H43N3O14S. The molecule has 17 nitrogen and oxygen atoms in total. The molecule has 64 heavy (non-hydrogen) atoms. The number of aromatic nitrogens is 1. The molecule has 0 atom stereocenters. The molecular weight excluding hydrogens is 851 g/mol. The number of para-hydroxylation sites is 1. The molecule has 1 N–H and O–H groups in total. The standard InChI is InChI=1S/C46H43N3O14S/c1-4-41(51)61-28-58-36-16-13-33(14-17-36)44(54)56-23-19-31-11-12-32(35(25-31)27-47-49(21-22-50)46-48-37-9-7-8-10-40(37)64-46)20-24-57-45(55)34-15-18-38(59-29-62-42(52)5-2)39(26-34)60-30-63-43(53)6-3/h4-18,25-27,50H,1-3,19-24,28-30H2/b47-27+. The van der Waals surface area contributed by atoms with Crippen molar-refractivity contribution in [2.75, 3.05) is 51.8 Å². The first-order valence-corrected chi connectivity index (χ1v) is 20.2. The lowest BCUT2D eigenvalue weighted by Crippen LogP contribution is -2.20. The number of carbonyl (C=O) groups is 5. The fourth-order valence-electron chi connectivity index (χ4n) is 5.42. The Hall–Kier alpha value is -7.83. The van der Waals surface area contributed by atoms with Gasteiger partial charge >= 0.3 is 29.8 Å². The minimum Gasteiger partial charge on any atom is -0.462 e. The normalized spacial score (nSPS) is 10.6. The molecule has 5 rings (SSSR count). The quantitative estimate of drug-likeness (QED) is 0.0175. The molecule has 1 aromatic heterocycles. The van der Waals surface area contributed by atoms with Gasteiger partial charge in [0.15, 0.2) is 11.5 Å². The van der Waals surface area contributed by atoms with E-state index < -0.39 is 43.4 Å². The molecule has 0 bridgehead atoms. The fourth-order valence-corrected chi connectivity index (χ4v) is 6.37. The van der Waals surface area contributed by atoms with Crippen molar-refractivity contribution in [1.29, 1.82) is 0 Å². The summed E-state index contributed by atoms with van der Waals surface area (Å²) in [5, 5.41) is 16.8. The van der Waals surface area contributed by atoms with Crippen molar-refractivity contribution in [3.63, 3.8) is 0 Å². The van der Waals surface area contributed by atoms with Crippen LogP contribution >= 0.6 is 11.3 Å². The van der Waals surface area contributed by atoms with Crippen LogP contribution in [-0.2, 0) is 50.9 Å². The molecule has 1 heterocycles. The third-order valence-electron chi connectivity index (χ3n) is 8.62. The van der Waals surface area contributed by atoms with Gasteiger partial charge in [-0.15, -0.1) is 0 Å². The Morgan fingerprint density at radius 1 is 0.672 bits per heavy atom. The molecule has 0 amide bonds. The number of thiazole rings is 1. The van der Waals surface area contributed by atoms with Crippen LogP contribution in [0.15, 0.2) is 128 Å². The van der Waals surface area contributed by atoms with Crippen LogP contribution in [0.1, 0.15) is 37.4 Å². The number of nitrogens with zero attached hydrogens (tertiary/aromatic N) is 3. The highest BCUT2D eigenvalue weighted by Gasteiger charge is 2.16. The second kappa shape index (κ2) is 24.6. The summed E-state index contributed by atoms with van der Waals surface area (Å²) in [6, 6.07) is 23.5. The fraction of sp³-hybridized carbons (Fsp3) is 0.196. The lowest BCUT2D eigenvalue weighted by atomic mass is 10.0. The maximum atomic E-state index is 13.3. The Morgan fingerprint density at radius 2 is 1.28 bits per heavy atom. The van der Waals surface area contributed by atoms with Crippen molar-refractivity contribution in [2.45, 2.75) is 12.8 Å². The SMILES string of the molecule is C=CC(=O)OCOc1ccc(C(=O)OCCc2ccc(CCOC(=O)c3ccc(OCOC(=O)C=C)c(OCOC(=O)C=C)c3)c(/C=N/N(CCO)c3nc4ccccc4s3)c2)cc1. The first-order valence-electron chi connectivity index (χ1n) is 19.3. The Morgan fingerprint density at radius 3 is 1.94 bits per heavy atom. The first kappa shape index (κ1) is 47.2. The number of anilines is 1. The number of fused-ring (bicyclic) bond motifs is 1. The van der Waals surface area contributed by atoms with Gasteiger partial charge in [0, 0.05) is 31.1 Å². The van der Waals surface area contributed by atoms with Crippen LogP contribution in [0.25, 0.3) is 10.2 Å². The topological polar surface area (TPSA) is 208 Å². The molecule has 0 fully saturated rings. The smallest absolute Gasteiger partial charge is 0.338 e. The Balaban J connectivity index is 1.28. The summed E-state index contributed by atoms with van der Waals surface area (Å²) in [5.41, 5.74) is 3.41. The van der Waals surface area contributed by atoms with E-state index >= 15 is 0 Å². The van der Waals surface area contributed by atoms with Crippen LogP contribution in [0, 0.1) is 0 Å². The number of aliphatic hydroxyl groups is 1. The summed E-state index contributed by atoms with van der Waals surface area (Å²) >= 11 is 1.42. The summed E-state index contributed by atoms with van der Waals surface area (Å²) in [6.07, 6.45) is 5.18. The first-order chi connectivity index (χ1) is 31.1. The number of esters is 5. The predicted molar refractivity (Wildman–Crippen MR) is 234 cm³/mol. The molecule has 5 aromatic rings. The van der Waals surface area contributed by atoms with Gasteiger partial charge in [0.25, 0.3) is 0 Å². The Labute approximate surface area is 371 Å². The molecule has 0 aliphatic carbocycles. The zero-order chi connectivity index (χ0) is 45.7. The van der Waals surface area contributed by atoms with Gasteiger partial charge in [-0.1, -0.05) is 55.3 Å². The maximum Gasteiger partial charge on any atom is 0.338 e. The molecule has 18 heteroatoms. The molecule has 0 saturated heterocycles. The van der Waals surface area contributed by atoms with Crippen LogP contribution in [0.2, 0.25) is 0 Å². The monoisotopic (exact) mass is 893 g/mol. The van der Waals surface area contributed by atoms with Crippen molar-refractivity contribution in [1.82, 2.24) is 4.98 Å². The number of hydrogen-bond donors (Lipinski definition) is 1. The van der Waals surface area contributed by atoms with E-state index in [9.17, 15) is 29.1 Å². The van der Waals surface area contributed by atoms with Gasteiger partial charge in [0.2, 0.25) is 25.5 Å². The number of carbonyl (C=O) groups excluding carboxylic acids is 5. The van der Waals surface area contributed by atoms with Crippen molar-refractivity contribution in [2.24, 2.45) is 5.10 Å². The molecule has 0 unspecified atom stereocenters. The molecule has 0 spiro atoms. The second-order valence-electron chi connectivity index (χ2n) is 12.8. The molecule has 4 aromatic carbocycles. The Kier molecular flexibility index (Phi) is 18.1. The third-order valence-corrected chi connectivity index (χ3v) is 9.67. The highest BCUT2D eigenvalue weighted by atomic mass is 32.1. The number of rotatable bonds is 25. The van der Waals surface area contributed by atoms with Crippen LogP contribution < -0.4 is 19.2 Å². The Bertz CT molecular complexity index is 2450. The number of hydrogen-bond acceptors (Lipinski definition) is 18. The van der Waals surface area contributed by atoms with Crippen molar-refractivity contribution in [3.05, 3.63) is 151 Å². The third kappa shape index (κ3) is 14.4. The van der Waals surface area contributed by atoms with E-state index in [0.29, 0.717) is 28.4 Å². The van der Waals surface area contributed by atoms with Crippen LogP contribution in [0.4, 0.5) is 5.13 Å². The molecule has 0 aliphatic rings. The summed E-state index contributed by atoms with van der Waals surface area (Å²) in [4.78, 5) is 65.0. The highest BCUT2D eigenvalue weighted by Crippen LogP contribution is 2.30. The predicted octanol–water partition coefficient (Wildman–Crippen LogP) is 6.12. The number of ether oxygens (including phenoxy) is 8. The summed E-state index contributed by atoms with van der Waals surface area (Å²) in [5.74, 6) is -2.88. The van der Waals surface area contributed by atoms with Gasteiger partial charge in [-0.05, 0) is 77.4 Å². The van der Waals surface area contributed by atoms with E-state index in [1.807, 2.05) is 42.5 Å². The number of aliphatic hydroxyl groups excluding tert-OH is 1. The average Bonchev–Trinajstić information content (AvgIpc) is 3.75. The van der Waals surface area contributed by atoms with E-state index in [1.54, 1.807) is 23.4 Å². The van der Waals surface area contributed by atoms with Crippen molar-refractivity contribution < 1.29 is 67.0 Å². The van der Waals surface area contributed by atoms with E-state index in [0.717, 1.165) is 39.6 Å². The molecule has 332 valence electrons. The van der Waals surface area contributed by atoms with E-state index in [2.05, 4.69) is 24.7 Å². The minimum atomic E-state index is -0.741. The average molecular weight is 894 g/mol. The van der Waals surface area contributed by atoms with Gasteiger partial charge in [-0.3, -0.25) is 0 Å². The molecule has 0 saturated carbocycles. The van der Waals surface area contributed by atoms with Crippen molar-refractivity contribution >= 4 is 62.7 Å².